The van der Waals surface area contributed by atoms with Gasteiger partial charge in [-0.25, -0.2) is 19.7 Å². The lowest BCUT2D eigenvalue weighted by atomic mass is 10.0. The Balaban J connectivity index is 0.000000582. The number of likely N-dealkylation sites (tertiary alicyclic amines) is 1. The van der Waals surface area contributed by atoms with E-state index >= 15 is 0 Å². The molecule has 268 valence electrons. The second-order valence-corrected chi connectivity index (χ2v) is 14.2. The first kappa shape index (κ1) is 36.1. The molecular formula is C35H35F3N6O5S2. The zero-order valence-corrected chi connectivity index (χ0v) is 29.1. The number of carboxylic acids is 1. The Bertz CT molecular complexity index is 1970. The number of amides is 2. The van der Waals surface area contributed by atoms with E-state index in [-0.39, 0.29) is 11.8 Å². The van der Waals surface area contributed by atoms with Gasteiger partial charge in [-0.3, -0.25) is 14.5 Å². The van der Waals surface area contributed by atoms with Crippen LogP contribution in [0.4, 0.5) is 13.2 Å². The number of fused-ring (bicyclic) bond motifs is 2. The minimum atomic E-state index is -5.08. The number of thiazole rings is 2. The lowest BCUT2D eigenvalue weighted by Crippen LogP contribution is -2.37. The molecule has 2 aliphatic heterocycles. The van der Waals surface area contributed by atoms with Gasteiger partial charge in [0, 0.05) is 56.2 Å². The van der Waals surface area contributed by atoms with E-state index in [1.54, 1.807) is 28.7 Å². The molecule has 2 aliphatic rings. The molecule has 1 N–H and O–H groups in total. The van der Waals surface area contributed by atoms with Crippen molar-refractivity contribution in [2.45, 2.75) is 45.0 Å². The number of alkyl halides is 3. The molecule has 0 atom stereocenters. The summed E-state index contributed by atoms with van der Waals surface area (Å²) < 4.78 is 39.0. The summed E-state index contributed by atoms with van der Waals surface area (Å²) in [5.74, 6) is -2.31. The minimum Gasteiger partial charge on any atom is -0.486 e. The van der Waals surface area contributed by atoms with Gasteiger partial charge in [-0.15, -0.1) is 22.7 Å². The Kier molecular flexibility index (Phi) is 11.4. The van der Waals surface area contributed by atoms with Crippen molar-refractivity contribution < 1.29 is 37.4 Å². The minimum absolute atomic E-state index is 0.0556. The lowest BCUT2D eigenvalue weighted by Gasteiger charge is -2.27. The first-order chi connectivity index (χ1) is 24.5. The van der Waals surface area contributed by atoms with Crippen LogP contribution < -0.4 is 4.74 Å². The SMILES string of the molecule is O=C(O)C(F)(F)F.O=C(c1cc(C(=O)N2CCCCC2)c2cc(OCc3nc4ccccc4s3)ccc2n1)N1CCCN(Cc2nccs2)CC1. The van der Waals surface area contributed by atoms with Crippen LogP contribution in [0.1, 0.15) is 56.5 Å². The molecule has 0 aliphatic carbocycles. The average molecular weight is 741 g/mol. The van der Waals surface area contributed by atoms with Crippen LogP contribution in [0, 0.1) is 0 Å². The van der Waals surface area contributed by atoms with Crippen molar-refractivity contribution in [2.75, 3.05) is 39.3 Å². The number of rotatable bonds is 7. The molecule has 5 heterocycles. The van der Waals surface area contributed by atoms with Crippen LogP contribution in [0.25, 0.3) is 21.1 Å². The molecule has 2 fully saturated rings. The first-order valence-electron chi connectivity index (χ1n) is 16.5. The quantitative estimate of drug-likeness (QED) is 0.199. The standard InChI is InChI=1S/C33H34N6O3S2.C2HF3O2/c40-32(38-13-4-1-5-14-38)25-20-28(33(41)39-15-6-12-37(16-17-39)21-30-34-11-18-43-30)35-26-10-9-23(19-24(25)26)42-22-31-36-27-7-2-3-8-29(27)44-31;3-2(4,5)1(6)7/h2-3,7-11,18-20H,1,4-6,12-17,21-22H2;(H,6,7). The lowest BCUT2D eigenvalue weighted by molar-refractivity contribution is -0.192. The number of piperidine rings is 1. The number of aliphatic carboxylic acids is 1. The molecule has 2 aromatic carbocycles. The molecule has 0 bridgehead atoms. The van der Waals surface area contributed by atoms with E-state index in [4.69, 9.17) is 19.6 Å². The van der Waals surface area contributed by atoms with Gasteiger partial charge in [0.05, 0.1) is 27.8 Å². The Labute approximate surface area is 299 Å². The summed E-state index contributed by atoms with van der Waals surface area (Å²) in [6.45, 7) is 5.52. The van der Waals surface area contributed by atoms with Crippen molar-refractivity contribution in [3.05, 3.63) is 81.4 Å². The molecule has 0 unspecified atom stereocenters. The number of aromatic nitrogens is 3. The summed E-state index contributed by atoms with van der Waals surface area (Å²) in [5.41, 5.74) is 2.39. The summed E-state index contributed by atoms with van der Waals surface area (Å²) >= 11 is 3.27. The highest BCUT2D eigenvalue weighted by Crippen LogP contribution is 2.29. The van der Waals surface area contributed by atoms with Crippen LogP contribution >= 0.6 is 22.7 Å². The maximum Gasteiger partial charge on any atom is 0.490 e. The van der Waals surface area contributed by atoms with Crippen molar-refractivity contribution in [1.29, 1.82) is 0 Å². The number of para-hydroxylation sites is 1. The fourth-order valence-electron chi connectivity index (χ4n) is 5.99. The zero-order valence-electron chi connectivity index (χ0n) is 27.5. The van der Waals surface area contributed by atoms with Gasteiger partial charge in [-0.1, -0.05) is 12.1 Å². The van der Waals surface area contributed by atoms with Crippen LogP contribution in [0.15, 0.2) is 60.1 Å². The zero-order chi connectivity index (χ0) is 36.0. The Morgan fingerprint density at radius 1 is 0.824 bits per heavy atom. The summed E-state index contributed by atoms with van der Waals surface area (Å²) in [6.07, 6.45) is 0.729. The largest absolute Gasteiger partial charge is 0.490 e. The molecule has 5 aromatic rings. The fraction of sp³-hybridized carbons (Fsp3) is 0.371. The number of carboxylic acid groups (broad SMARTS) is 1. The van der Waals surface area contributed by atoms with Crippen LogP contribution in [0.2, 0.25) is 0 Å². The second-order valence-electron chi connectivity index (χ2n) is 12.1. The van der Waals surface area contributed by atoms with E-state index < -0.39 is 12.1 Å². The van der Waals surface area contributed by atoms with Crippen molar-refractivity contribution in [3.8, 4) is 5.75 Å². The van der Waals surface area contributed by atoms with E-state index in [9.17, 15) is 22.8 Å². The third-order valence-corrected chi connectivity index (χ3v) is 10.3. The highest BCUT2D eigenvalue weighted by atomic mass is 32.1. The van der Waals surface area contributed by atoms with Gasteiger partial charge in [-0.05, 0) is 62.1 Å². The van der Waals surface area contributed by atoms with Crippen LogP contribution in [0.3, 0.4) is 0 Å². The number of hydrogen-bond donors (Lipinski definition) is 1. The van der Waals surface area contributed by atoms with Gasteiger partial charge in [0.1, 0.15) is 28.1 Å². The maximum atomic E-state index is 13.9. The molecule has 3 aromatic heterocycles. The van der Waals surface area contributed by atoms with Crippen molar-refractivity contribution in [1.82, 2.24) is 29.7 Å². The summed E-state index contributed by atoms with van der Waals surface area (Å²) in [7, 11) is 0. The first-order valence-corrected chi connectivity index (χ1v) is 18.2. The third-order valence-electron chi connectivity index (χ3n) is 8.53. The Hall–Kier alpha value is -4.67. The Morgan fingerprint density at radius 2 is 1.57 bits per heavy atom. The molecule has 0 saturated carbocycles. The molecule has 7 rings (SSSR count). The predicted molar refractivity (Wildman–Crippen MR) is 187 cm³/mol. The molecular weight excluding hydrogens is 706 g/mol. The van der Waals surface area contributed by atoms with E-state index in [0.29, 0.717) is 47.6 Å². The van der Waals surface area contributed by atoms with Crippen LogP contribution in [-0.2, 0) is 17.9 Å². The molecule has 51 heavy (non-hydrogen) atoms. The van der Waals surface area contributed by atoms with E-state index in [2.05, 4.69) is 20.9 Å². The Morgan fingerprint density at radius 3 is 2.29 bits per heavy atom. The number of carbonyl (C=O) groups is 3. The number of halogens is 3. The number of nitrogens with zero attached hydrogens (tertiary/aromatic N) is 6. The number of carbonyl (C=O) groups excluding carboxylic acids is 2. The predicted octanol–water partition coefficient (Wildman–Crippen LogP) is 6.49. The van der Waals surface area contributed by atoms with E-state index in [1.165, 1.54) is 0 Å². The smallest absolute Gasteiger partial charge is 0.486 e. The van der Waals surface area contributed by atoms with Crippen molar-refractivity contribution in [2.24, 2.45) is 0 Å². The second kappa shape index (κ2) is 16.1. The summed E-state index contributed by atoms with van der Waals surface area (Å²) in [5, 5.41) is 11.8. The fourth-order valence-corrected chi connectivity index (χ4v) is 7.53. The highest BCUT2D eigenvalue weighted by molar-refractivity contribution is 7.18. The average Bonchev–Trinajstić information content (AvgIpc) is 3.74. The normalized spacial score (nSPS) is 15.7. The van der Waals surface area contributed by atoms with Crippen LogP contribution in [0.5, 0.6) is 5.75 Å². The molecule has 11 nitrogen and oxygen atoms in total. The number of pyridine rings is 1. The monoisotopic (exact) mass is 740 g/mol. The number of benzene rings is 2. The van der Waals surface area contributed by atoms with E-state index in [0.717, 1.165) is 78.6 Å². The third kappa shape index (κ3) is 9.17. The summed E-state index contributed by atoms with van der Waals surface area (Å²) in [6, 6.07) is 15.3. The van der Waals surface area contributed by atoms with Gasteiger partial charge >= 0.3 is 12.1 Å². The summed E-state index contributed by atoms with van der Waals surface area (Å²) in [4.78, 5) is 56.7. The van der Waals surface area contributed by atoms with E-state index in [1.807, 2.05) is 57.8 Å². The van der Waals surface area contributed by atoms with Gasteiger partial charge in [0.15, 0.2) is 0 Å². The number of ether oxygens (including phenoxy) is 1. The van der Waals surface area contributed by atoms with Gasteiger partial charge in [-0.2, -0.15) is 13.2 Å². The number of hydrogen-bond acceptors (Lipinski definition) is 10. The maximum absolute atomic E-state index is 13.9. The van der Waals surface area contributed by atoms with Crippen LogP contribution in [-0.4, -0.2) is 98.0 Å². The van der Waals surface area contributed by atoms with Gasteiger partial charge in [0.25, 0.3) is 11.8 Å². The molecule has 0 radical (unpaired) electrons. The van der Waals surface area contributed by atoms with Crippen molar-refractivity contribution in [3.63, 3.8) is 0 Å². The topological polar surface area (TPSA) is 129 Å². The molecule has 0 spiro atoms. The van der Waals surface area contributed by atoms with Gasteiger partial charge < -0.3 is 19.6 Å². The molecule has 2 amide bonds. The van der Waals surface area contributed by atoms with Crippen molar-refractivity contribution >= 4 is 61.6 Å². The highest BCUT2D eigenvalue weighted by Gasteiger charge is 2.38. The van der Waals surface area contributed by atoms with Gasteiger partial charge in [0.2, 0.25) is 0 Å². The molecule has 2 saturated heterocycles. The molecule has 16 heteroatoms.